The zero-order valence-electron chi connectivity index (χ0n) is 11.4. The van der Waals surface area contributed by atoms with Gasteiger partial charge in [0.2, 0.25) is 0 Å². The van der Waals surface area contributed by atoms with Crippen LogP contribution in [0.25, 0.3) is 0 Å². The first kappa shape index (κ1) is 14.4. The Hall–Kier alpha value is -1.98. The fourth-order valence-corrected chi connectivity index (χ4v) is 2.52. The van der Waals surface area contributed by atoms with Crippen molar-refractivity contribution >= 4 is 5.97 Å². The van der Waals surface area contributed by atoms with Gasteiger partial charge in [0.25, 0.3) is 0 Å². The lowest BCUT2D eigenvalue weighted by atomic mass is 9.89. The van der Waals surface area contributed by atoms with Gasteiger partial charge in [0.15, 0.2) is 23.1 Å². The Balaban J connectivity index is 2.56. The zero-order chi connectivity index (χ0) is 14.9. The van der Waals surface area contributed by atoms with Gasteiger partial charge in [-0.15, -0.1) is 0 Å². The Morgan fingerprint density at radius 2 is 2.10 bits per heavy atom. The predicted octanol–water partition coefficient (Wildman–Crippen LogP) is 2.52. The van der Waals surface area contributed by atoms with E-state index in [1.54, 1.807) is 0 Å². The number of ether oxygens (including phenoxy) is 2. The molecule has 2 rings (SSSR count). The average Bonchev–Trinajstić information content (AvgIpc) is 3.22. The van der Waals surface area contributed by atoms with Crippen LogP contribution in [0.3, 0.4) is 0 Å². The normalized spacial score (nSPS) is 15.8. The quantitative estimate of drug-likeness (QED) is 0.839. The Kier molecular flexibility index (Phi) is 4.01. The molecule has 110 valence electrons. The number of methoxy groups -OCH3 is 2. The minimum atomic E-state index is -0.994. The number of aromatic hydroxyl groups is 1. The van der Waals surface area contributed by atoms with Crippen LogP contribution in [0, 0.1) is 11.7 Å². The summed E-state index contributed by atoms with van der Waals surface area (Å²) in [5.41, 5.74) is 0.189. The number of halogens is 1. The topological polar surface area (TPSA) is 76.0 Å². The van der Waals surface area contributed by atoms with Crippen LogP contribution in [0.4, 0.5) is 4.39 Å². The smallest absolute Gasteiger partial charge is 0.303 e. The summed E-state index contributed by atoms with van der Waals surface area (Å²) in [5, 5.41) is 19.0. The molecule has 0 spiro atoms. The molecule has 1 aliphatic carbocycles. The van der Waals surface area contributed by atoms with Gasteiger partial charge in [-0.1, -0.05) is 0 Å². The fourth-order valence-electron chi connectivity index (χ4n) is 2.52. The van der Waals surface area contributed by atoms with Gasteiger partial charge in [-0.05, 0) is 18.8 Å². The number of carboxylic acid groups (broad SMARTS) is 1. The maximum Gasteiger partial charge on any atom is 0.303 e. The van der Waals surface area contributed by atoms with Crippen molar-refractivity contribution in [2.45, 2.75) is 25.2 Å². The number of carbonyl (C=O) groups is 1. The number of phenols is 1. The SMILES string of the molecule is COc1cc(F)c(O)c(C(CC(=O)O)C2CC2)c1OC. The largest absolute Gasteiger partial charge is 0.505 e. The zero-order valence-corrected chi connectivity index (χ0v) is 11.4. The molecule has 1 atom stereocenters. The summed E-state index contributed by atoms with van der Waals surface area (Å²) in [6, 6.07) is 1.03. The van der Waals surface area contributed by atoms with Crippen molar-refractivity contribution in [2.75, 3.05) is 14.2 Å². The first-order valence-corrected chi connectivity index (χ1v) is 6.34. The maximum atomic E-state index is 13.8. The summed E-state index contributed by atoms with van der Waals surface area (Å²) >= 11 is 0. The lowest BCUT2D eigenvalue weighted by Gasteiger charge is -2.21. The van der Waals surface area contributed by atoms with Gasteiger partial charge in [-0.3, -0.25) is 4.79 Å². The molecule has 0 bridgehead atoms. The van der Waals surface area contributed by atoms with Crippen molar-refractivity contribution in [3.8, 4) is 17.2 Å². The standard InChI is InChI=1S/C14H17FO5/c1-19-10-6-9(15)13(18)12(14(10)20-2)8(5-11(16)17)7-3-4-7/h6-8,18H,3-5H2,1-2H3,(H,16,17). The molecule has 2 N–H and O–H groups in total. The van der Waals surface area contributed by atoms with Crippen LogP contribution in [-0.2, 0) is 4.79 Å². The molecule has 1 unspecified atom stereocenters. The third-order valence-electron chi connectivity index (χ3n) is 3.59. The summed E-state index contributed by atoms with van der Waals surface area (Å²) in [7, 11) is 2.74. The average molecular weight is 284 g/mol. The molecule has 1 aromatic carbocycles. The first-order valence-electron chi connectivity index (χ1n) is 6.34. The molecule has 0 aliphatic heterocycles. The van der Waals surface area contributed by atoms with Crippen LogP contribution in [0.1, 0.15) is 30.7 Å². The number of phenolic OH excluding ortho intramolecular Hbond substituents is 1. The summed E-state index contributed by atoms with van der Waals surface area (Å²) in [6.07, 6.45) is 1.54. The lowest BCUT2D eigenvalue weighted by molar-refractivity contribution is -0.137. The number of rotatable bonds is 6. The van der Waals surface area contributed by atoms with E-state index in [9.17, 15) is 14.3 Å². The number of hydrogen-bond acceptors (Lipinski definition) is 4. The molecule has 0 aromatic heterocycles. The van der Waals surface area contributed by atoms with Crippen LogP contribution in [0.15, 0.2) is 6.07 Å². The van der Waals surface area contributed by atoms with Crippen LogP contribution in [-0.4, -0.2) is 30.4 Å². The fraction of sp³-hybridized carbons (Fsp3) is 0.500. The van der Waals surface area contributed by atoms with Crippen molar-refractivity contribution in [1.29, 1.82) is 0 Å². The van der Waals surface area contributed by atoms with E-state index >= 15 is 0 Å². The molecule has 6 heteroatoms. The van der Waals surface area contributed by atoms with E-state index in [4.69, 9.17) is 14.6 Å². The molecule has 0 amide bonds. The molecule has 1 aliphatic rings. The van der Waals surface area contributed by atoms with Crippen LogP contribution >= 0.6 is 0 Å². The molecule has 0 heterocycles. The molecular weight excluding hydrogens is 267 g/mol. The number of carboxylic acids is 1. The van der Waals surface area contributed by atoms with Gasteiger partial charge in [0.1, 0.15) is 0 Å². The number of aliphatic carboxylic acids is 1. The van der Waals surface area contributed by atoms with Crippen molar-refractivity contribution in [1.82, 2.24) is 0 Å². The van der Waals surface area contributed by atoms with Crippen LogP contribution in [0.5, 0.6) is 17.2 Å². The minimum Gasteiger partial charge on any atom is -0.505 e. The molecule has 5 nitrogen and oxygen atoms in total. The van der Waals surface area contributed by atoms with Crippen molar-refractivity contribution in [3.63, 3.8) is 0 Å². The molecule has 0 saturated heterocycles. The summed E-state index contributed by atoms with van der Waals surface area (Å²) in [4.78, 5) is 11.0. The maximum absolute atomic E-state index is 13.8. The van der Waals surface area contributed by atoms with E-state index in [0.717, 1.165) is 18.9 Å². The second-order valence-electron chi connectivity index (χ2n) is 4.90. The Morgan fingerprint density at radius 1 is 1.45 bits per heavy atom. The van der Waals surface area contributed by atoms with Crippen LogP contribution < -0.4 is 9.47 Å². The highest BCUT2D eigenvalue weighted by Crippen LogP contribution is 2.52. The molecule has 1 saturated carbocycles. The summed E-state index contributed by atoms with van der Waals surface area (Å²) in [6.45, 7) is 0. The minimum absolute atomic E-state index is 0.123. The van der Waals surface area contributed by atoms with E-state index in [-0.39, 0.29) is 29.4 Å². The Labute approximate surface area is 115 Å². The van der Waals surface area contributed by atoms with E-state index in [1.165, 1.54) is 14.2 Å². The highest BCUT2D eigenvalue weighted by atomic mass is 19.1. The number of hydrogen-bond donors (Lipinski definition) is 2. The highest BCUT2D eigenvalue weighted by molar-refractivity contribution is 5.69. The molecule has 0 radical (unpaired) electrons. The lowest BCUT2D eigenvalue weighted by Crippen LogP contribution is -2.11. The van der Waals surface area contributed by atoms with Gasteiger partial charge in [0.05, 0.1) is 20.6 Å². The Bertz CT molecular complexity index is 525. The number of benzene rings is 1. The summed E-state index contributed by atoms with van der Waals surface area (Å²) in [5.74, 6) is -2.40. The van der Waals surface area contributed by atoms with Gasteiger partial charge in [-0.2, -0.15) is 0 Å². The van der Waals surface area contributed by atoms with E-state index in [1.807, 2.05) is 0 Å². The van der Waals surface area contributed by atoms with E-state index in [2.05, 4.69) is 0 Å². The molecule has 20 heavy (non-hydrogen) atoms. The van der Waals surface area contributed by atoms with E-state index in [0.29, 0.717) is 0 Å². The van der Waals surface area contributed by atoms with Gasteiger partial charge >= 0.3 is 5.97 Å². The van der Waals surface area contributed by atoms with Crippen molar-refractivity contribution in [3.05, 3.63) is 17.4 Å². The summed E-state index contributed by atoms with van der Waals surface area (Å²) < 4.78 is 24.0. The second kappa shape index (κ2) is 5.56. The predicted molar refractivity (Wildman–Crippen MR) is 68.9 cm³/mol. The van der Waals surface area contributed by atoms with Crippen LogP contribution in [0.2, 0.25) is 0 Å². The van der Waals surface area contributed by atoms with Crippen molar-refractivity contribution < 1.29 is 28.9 Å². The molecular formula is C14H17FO5. The molecule has 1 aromatic rings. The third-order valence-corrected chi connectivity index (χ3v) is 3.59. The molecule has 1 fully saturated rings. The van der Waals surface area contributed by atoms with Gasteiger partial charge in [0, 0.05) is 17.5 Å². The Morgan fingerprint density at radius 3 is 2.55 bits per heavy atom. The second-order valence-corrected chi connectivity index (χ2v) is 4.90. The van der Waals surface area contributed by atoms with E-state index < -0.39 is 23.5 Å². The monoisotopic (exact) mass is 284 g/mol. The van der Waals surface area contributed by atoms with Crippen molar-refractivity contribution in [2.24, 2.45) is 5.92 Å². The van der Waals surface area contributed by atoms with Gasteiger partial charge in [-0.25, -0.2) is 4.39 Å². The third kappa shape index (κ3) is 2.64. The van der Waals surface area contributed by atoms with Gasteiger partial charge < -0.3 is 19.7 Å². The highest BCUT2D eigenvalue weighted by Gasteiger charge is 2.38. The first-order chi connectivity index (χ1) is 9.49.